The van der Waals surface area contributed by atoms with Gasteiger partial charge >= 0.3 is 0 Å². The normalized spacial score (nSPS) is 19.4. The van der Waals surface area contributed by atoms with Gasteiger partial charge in [-0.25, -0.2) is 0 Å². The van der Waals surface area contributed by atoms with E-state index >= 15 is 0 Å². The molecule has 2 aromatic rings. The van der Waals surface area contributed by atoms with Crippen molar-refractivity contribution in [3.8, 4) is 0 Å². The fourth-order valence-electron chi connectivity index (χ4n) is 2.38. The second kappa shape index (κ2) is 4.38. The minimum absolute atomic E-state index is 0.0230. The van der Waals surface area contributed by atoms with Crippen molar-refractivity contribution in [2.75, 3.05) is 13.1 Å². The molecule has 0 unspecified atom stereocenters. The third-order valence-electron chi connectivity index (χ3n) is 3.33. The van der Waals surface area contributed by atoms with Crippen LogP contribution in [0.5, 0.6) is 0 Å². The number of nitrogens with zero attached hydrogens (tertiary/aromatic N) is 2. The summed E-state index contributed by atoms with van der Waals surface area (Å²) in [7, 11) is 0. The number of likely N-dealkylation sites (tertiary alicyclic amines) is 1. The fourth-order valence-corrected chi connectivity index (χ4v) is 2.38. The fraction of sp³-hybridized carbons (Fsp3) is 0.286. The Morgan fingerprint density at radius 2 is 2.17 bits per heavy atom. The van der Waals surface area contributed by atoms with Crippen LogP contribution in [0.4, 0.5) is 0 Å². The second-order valence-corrected chi connectivity index (χ2v) is 4.57. The van der Waals surface area contributed by atoms with E-state index in [9.17, 15) is 9.90 Å². The van der Waals surface area contributed by atoms with E-state index in [1.807, 2.05) is 24.3 Å². The number of rotatable bonds is 1. The van der Waals surface area contributed by atoms with Crippen molar-refractivity contribution in [2.24, 2.45) is 0 Å². The first-order valence-electron chi connectivity index (χ1n) is 6.07. The molecule has 2 heterocycles. The largest absolute Gasteiger partial charge is 0.391 e. The van der Waals surface area contributed by atoms with Gasteiger partial charge in [-0.2, -0.15) is 0 Å². The Balaban J connectivity index is 2.01. The van der Waals surface area contributed by atoms with Crippen LogP contribution in [0.2, 0.25) is 0 Å². The molecule has 1 atom stereocenters. The molecule has 0 radical (unpaired) electrons. The number of amides is 1. The van der Waals surface area contributed by atoms with Crippen LogP contribution in [-0.4, -0.2) is 40.1 Å². The molecule has 0 saturated carbocycles. The number of benzene rings is 1. The van der Waals surface area contributed by atoms with Crippen molar-refractivity contribution >= 4 is 16.8 Å². The summed E-state index contributed by atoms with van der Waals surface area (Å²) in [6.07, 6.45) is 1.93. The maximum atomic E-state index is 12.4. The molecule has 3 rings (SSSR count). The molecule has 0 spiro atoms. The summed E-state index contributed by atoms with van der Waals surface area (Å²) < 4.78 is 0. The van der Waals surface area contributed by atoms with Crippen molar-refractivity contribution in [2.45, 2.75) is 12.5 Å². The van der Waals surface area contributed by atoms with Gasteiger partial charge in [0.2, 0.25) is 0 Å². The Morgan fingerprint density at radius 3 is 2.94 bits per heavy atom. The molecule has 1 N–H and O–H groups in total. The molecule has 1 aromatic carbocycles. The second-order valence-electron chi connectivity index (χ2n) is 4.57. The Bertz CT molecular complexity index is 592. The number of carbonyl (C=O) groups excluding carboxylic acids is 1. The number of aliphatic hydroxyl groups excluding tert-OH is 1. The molecule has 4 nitrogen and oxygen atoms in total. The van der Waals surface area contributed by atoms with E-state index in [0.717, 1.165) is 10.9 Å². The lowest BCUT2D eigenvalue weighted by molar-refractivity contribution is 0.0767. The predicted octanol–water partition coefficient (Wildman–Crippen LogP) is 1.44. The highest BCUT2D eigenvalue weighted by Crippen LogP contribution is 2.20. The summed E-state index contributed by atoms with van der Waals surface area (Å²) in [6.45, 7) is 1.05. The van der Waals surface area contributed by atoms with Crippen LogP contribution >= 0.6 is 0 Å². The SMILES string of the molecule is O=C(c1ccnc2ccccc12)N1CC[C@H](O)C1. The lowest BCUT2D eigenvalue weighted by atomic mass is 10.1. The Morgan fingerprint density at radius 1 is 1.33 bits per heavy atom. The van der Waals surface area contributed by atoms with Crippen LogP contribution in [0.25, 0.3) is 10.9 Å². The number of pyridine rings is 1. The number of hydrogen-bond donors (Lipinski definition) is 1. The van der Waals surface area contributed by atoms with Crippen LogP contribution < -0.4 is 0 Å². The van der Waals surface area contributed by atoms with E-state index in [1.54, 1.807) is 17.2 Å². The van der Waals surface area contributed by atoms with Gasteiger partial charge in [0.1, 0.15) is 0 Å². The smallest absolute Gasteiger partial charge is 0.254 e. The highest BCUT2D eigenvalue weighted by Gasteiger charge is 2.26. The average molecular weight is 242 g/mol. The molecule has 1 saturated heterocycles. The van der Waals surface area contributed by atoms with Crippen molar-refractivity contribution in [1.29, 1.82) is 0 Å². The number of β-amino-alcohol motifs (C(OH)–C–C–N with tert-alkyl or cyclic N) is 1. The van der Waals surface area contributed by atoms with Gasteiger partial charge in [-0.3, -0.25) is 9.78 Å². The van der Waals surface area contributed by atoms with Gasteiger partial charge in [0, 0.05) is 24.7 Å². The highest BCUT2D eigenvalue weighted by molar-refractivity contribution is 6.06. The number of hydrogen-bond acceptors (Lipinski definition) is 3. The summed E-state index contributed by atoms with van der Waals surface area (Å²) in [4.78, 5) is 18.3. The van der Waals surface area contributed by atoms with E-state index in [4.69, 9.17) is 0 Å². The van der Waals surface area contributed by atoms with Gasteiger partial charge in [0.15, 0.2) is 0 Å². The molecule has 18 heavy (non-hydrogen) atoms. The first-order valence-corrected chi connectivity index (χ1v) is 6.07. The molecule has 4 heteroatoms. The van der Waals surface area contributed by atoms with Gasteiger partial charge in [-0.05, 0) is 18.6 Å². The number of aromatic nitrogens is 1. The van der Waals surface area contributed by atoms with Crippen LogP contribution in [0, 0.1) is 0 Å². The van der Waals surface area contributed by atoms with Crippen molar-refractivity contribution in [1.82, 2.24) is 9.88 Å². The van der Waals surface area contributed by atoms with Gasteiger partial charge in [-0.15, -0.1) is 0 Å². The van der Waals surface area contributed by atoms with Gasteiger partial charge in [0.05, 0.1) is 17.2 Å². The van der Waals surface area contributed by atoms with E-state index in [0.29, 0.717) is 25.1 Å². The van der Waals surface area contributed by atoms with Crippen LogP contribution in [-0.2, 0) is 0 Å². The van der Waals surface area contributed by atoms with Crippen molar-refractivity contribution in [3.05, 3.63) is 42.1 Å². The molecular weight excluding hydrogens is 228 g/mol. The first kappa shape index (κ1) is 11.2. The summed E-state index contributed by atoms with van der Waals surface area (Å²) in [5.41, 5.74) is 1.48. The zero-order valence-electron chi connectivity index (χ0n) is 9.91. The highest BCUT2D eigenvalue weighted by atomic mass is 16.3. The zero-order chi connectivity index (χ0) is 12.5. The molecule has 1 aliphatic rings. The predicted molar refractivity (Wildman–Crippen MR) is 68.3 cm³/mol. The third kappa shape index (κ3) is 1.84. The minimum Gasteiger partial charge on any atom is -0.391 e. The third-order valence-corrected chi connectivity index (χ3v) is 3.33. The minimum atomic E-state index is -0.387. The molecule has 1 amide bonds. The molecule has 1 fully saturated rings. The Labute approximate surface area is 105 Å². The molecular formula is C14H14N2O2. The van der Waals surface area contributed by atoms with Crippen LogP contribution in [0.15, 0.2) is 36.5 Å². The van der Waals surface area contributed by atoms with E-state index < -0.39 is 0 Å². The van der Waals surface area contributed by atoms with Gasteiger partial charge < -0.3 is 10.0 Å². The number of fused-ring (bicyclic) bond motifs is 1. The summed E-state index contributed by atoms with van der Waals surface area (Å²) >= 11 is 0. The maximum Gasteiger partial charge on any atom is 0.254 e. The summed E-state index contributed by atoms with van der Waals surface area (Å²) in [5.74, 6) is -0.0230. The molecule has 0 aliphatic carbocycles. The van der Waals surface area contributed by atoms with Crippen molar-refractivity contribution < 1.29 is 9.90 Å². The number of carbonyl (C=O) groups is 1. The maximum absolute atomic E-state index is 12.4. The van der Waals surface area contributed by atoms with Gasteiger partial charge in [0.25, 0.3) is 5.91 Å². The first-order chi connectivity index (χ1) is 8.75. The quantitative estimate of drug-likeness (QED) is 0.823. The average Bonchev–Trinajstić information content (AvgIpc) is 2.84. The van der Waals surface area contributed by atoms with Crippen molar-refractivity contribution in [3.63, 3.8) is 0 Å². The molecule has 1 aliphatic heterocycles. The number of aliphatic hydroxyl groups is 1. The van der Waals surface area contributed by atoms with Crippen LogP contribution in [0.3, 0.4) is 0 Å². The Kier molecular flexibility index (Phi) is 2.72. The topological polar surface area (TPSA) is 53.4 Å². The summed E-state index contributed by atoms with van der Waals surface area (Å²) in [5, 5.41) is 10.4. The summed E-state index contributed by atoms with van der Waals surface area (Å²) in [6, 6.07) is 9.35. The standard InChI is InChI=1S/C14H14N2O2/c17-10-6-8-16(9-10)14(18)12-5-7-15-13-4-2-1-3-11(12)13/h1-5,7,10,17H,6,8-9H2/t10-/m0/s1. The zero-order valence-corrected chi connectivity index (χ0v) is 9.91. The van der Waals surface area contributed by atoms with E-state index in [1.165, 1.54) is 0 Å². The lowest BCUT2D eigenvalue weighted by Crippen LogP contribution is -2.29. The molecule has 0 bridgehead atoms. The molecule has 92 valence electrons. The number of para-hydroxylation sites is 1. The lowest BCUT2D eigenvalue weighted by Gasteiger charge is -2.16. The van der Waals surface area contributed by atoms with Gasteiger partial charge in [-0.1, -0.05) is 18.2 Å². The molecule has 1 aromatic heterocycles. The van der Waals surface area contributed by atoms with E-state index in [-0.39, 0.29) is 12.0 Å². The van der Waals surface area contributed by atoms with Crippen LogP contribution in [0.1, 0.15) is 16.8 Å². The van der Waals surface area contributed by atoms with E-state index in [2.05, 4.69) is 4.98 Å². The monoisotopic (exact) mass is 242 g/mol. The Hall–Kier alpha value is -1.94.